The highest BCUT2D eigenvalue weighted by Gasteiger charge is 2.19. The summed E-state index contributed by atoms with van der Waals surface area (Å²) in [5.41, 5.74) is 10.8. The fourth-order valence-corrected chi connectivity index (χ4v) is 4.89. The molecule has 0 aliphatic rings. The number of aromatic nitrogens is 3. The van der Waals surface area contributed by atoms with Crippen LogP contribution in [0.5, 0.6) is 0 Å². The molecule has 1 aromatic carbocycles. The van der Waals surface area contributed by atoms with E-state index in [1.807, 2.05) is 55.1 Å². The lowest BCUT2D eigenvalue weighted by atomic mass is 10.2. The molecule has 0 fully saturated rings. The van der Waals surface area contributed by atoms with Gasteiger partial charge in [-0.25, -0.2) is 9.97 Å². The number of amides is 1. The molecule has 5 aromatic rings. The van der Waals surface area contributed by atoms with Crippen LogP contribution in [0.1, 0.15) is 35.5 Å². The number of nitrogens with zero attached hydrogens (tertiary/aromatic N) is 3. The Balaban J connectivity index is 0.00000119. The number of benzene rings is 1. The molecular formula is C23H23N5O2S2. The van der Waals surface area contributed by atoms with Crippen molar-refractivity contribution in [2.75, 3.05) is 5.73 Å². The number of hydrogen-bond donors (Lipinski definition) is 3. The van der Waals surface area contributed by atoms with Gasteiger partial charge >= 0.3 is 0 Å². The zero-order valence-electron chi connectivity index (χ0n) is 17.7. The van der Waals surface area contributed by atoms with E-state index < -0.39 is 0 Å². The fourth-order valence-electron chi connectivity index (χ4n) is 3.45. The maximum absolute atomic E-state index is 12.9. The number of hydrogen-bond acceptors (Lipinski definition) is 7. The third-order valence-corrected chi connectivity index (χ3v) is 6.39. The van der Waals surface area contributed by atoms with Gasteiger partial charge in [0.2, 0.25) is 0 Å². The summed E-state index contributed by atoms with van der Waals surface area (Å²) in [4.78, 5) is 21.9. The molecule has 0 spiro atoms. The number of pyridine rings is 1. The topological polar surface area (TPSA) is 106 Å². The highest BCUT2D eigenvalue weighted by Crippen LogP contribution is 2.28. The summed E-state index contributed by atoms with van der Waals surface area (Å²) in [5, 5.41) is 17.3. The maximum atomic E-state index is 12.9. The van der Waals surface area contributed by atoms with Gasteiger partial charge in [0.05, 0.1) is 33.8 Å². The number of thiazole rings is 1. The van der Waals surface area contributed by atoms with Crippen LogP contribution in [-0.4, -0.2) is 25.4 Å². The predicted molar refractivity (Wildman–Crippen MR) is 131 cm³/mol. The van der Waals surface area contributed by atoms with E-state index in [0.717, 1.165) is 21.3 Å². The lowest BCUT2D eigenvalue weighted by molar-refractivity contribution is 0.0952. The van der Waals surface area contributed by atoms with Crippen molar-refractivity contribution < 1.29 is 9.90 Å². The summed E-state index contributed by atoms with van der Waals surface area (Å²) >= 11 is 2.98. The van der Waals surface area contributed by atoms with Gasteiger partial charge < -0.3 is 20.6 Å². The SMILES string of the molecule is CC.Nc1nc2ccc(CNC(=O)c3cccn4c(CO)c(-c5ccsc5)nc34)cc2s1. The second kappa shape index (κ2) is 9.47. The van der Waals surface area contributed by atoms with Crippen molar-refractivity contribution in [3.63, 3.8) is 0 Å². The predicted octanol–water partition coefficient (Wildman–Crippen LogP) is 4.70. The van der Waals surface area contributed by atoms with Gasteiger partial charge in [-0.3, -0.25) is 4.79 Å². The first kappa shape index (κ1) is 21.9. The number of thiophene rings is 1. The molecule has 4 N–H and O–H groups in total. The van der Waals surface area contributed by atoms with Crippen molar-refractivity contribution in [3.05, 3.63) is 70.2 Å². The van der Waals surface area contributed by atoms with Crippen LogP contribution < -0.4 is 11.1 Å². The highest BCUT2D eigenvalue weighted by atomic mass is 32.1. The molecule has 32 heavy (non-hydrogen) atoms. The Morgan fingerprint density at radius 2 is 2.06 bits per heavy atom. The summed E-state index contributed by atoms with van der Waals surface area (Å²) < 4.78 is 2.76. The van der Waals surface area contributed by atoms with Gasteiger partial charge in [0.15, 0.2) is 10.8 Å². The Hall–Kier alpha value is -3.27. The third kappa shape index (κ3) is 4.10. The van der Waals surface area contributed by atoms with Crippen molar-refractivity contribution in [2.24, 2.45) is 0 Å². The van der Waals surface area contributed by atoms with Crippen LogP contribution in [-0.2, 0) is 13.2 Å². The Labute approximate surface area is 193 Å². The van der Waals surface area contributed by atoms with E-state index in [2.05, 4.69) is 15.3 Å². The molecule has 4 aromatic heterocycles. The number of aliphatic hydroxyl groups excluding tert-OH is 1. The Morgan fingerprint density at radius 1 is 1.22 bits per heavy atom. The monoisotopic (exact) mass is 465 g/mol. The summed E-state index contributed by atoms with van der Waals surface area (Å²) in [6, 6.07) is 11.3. The van der Waals surface area contributed by atoms with Crippen molar-refractivity contribution in [2.45, 2.75) is 27.0 Å². The van der Waals surface area contributed by atoms with Gasteiger partial charge in [-0.2, -0.15) is 11.3 Å². The molecule has 0 aliphatic carbocycles. The van der Waals surface area contributed by atoms with Crippen LogP contribution in [0.3, 0.4) is 0 Å². The quantitative estimate of drug-likeness (QED) is 0.349. The molecule has 0 saturated carbocycles. The average molecular weight is 466 g/mol. The van der Waals surface area contributed by atoms with E-state index in [4.69, 9.17) is 5.73 Å². The van der Waals surface area contributed by atoms with E-state index in [0.29, 0.717) is 34.3 Å². The summed E-state index contributed by atoms with van der Waals surface area (Å²) in [6.45, 7) is 4.20. The summed E-state index contributed by atoms with van der Waals surface area (Å²) in [5.74, 6) is -0.226. The number of carbonyl (C=O) groups excluding carboxylic acids is 1. The number of fused-ring (bicyclic) bond motifs is 2. The van der Waals surface area contributed by atoms with Crippen LogP contribution in [0.15, 0.2) is 53.4 Å². The average Bonchev–Trinajstić information content (AvgIpc) is 3.55. The standard InChI is InChI=1S/C21H17N5O2S2.C2H6/c22-21-24-15-4-3-12(8-17(15)30-21)9-23-20(28)14-2-1-6-26-16(10-27)18(25-19(14)26)13-5-7-29-11-13;1-2/h1-8,11,27H,9-10H2,(H2,22,24)(H,23,28);1-2H3. The van der Waals surface area contributed by atoms with E-state index >= 15 is 0 Å². The number of nitrogen functional groups attached to an aromatic ring is 1. The largest absolute Gasteiger partial charge is 0.390 e. The van der Waals surface area contributed by atoms with Gasteiger partial charge in [-0.1, -0.05) is 31.3 Å². The number of imidazole rings is 1. The smallest absolute Gasteiger partial charge is 0.255 e. The molecule has 4 heterocycles. The third-order valence-electron chi connectivity index (χ3n) is 4.86. The van der Waals surface area contributed by atoms with E-state index in [1.54, 1.807) is 27.9 Å². The minimum atomic E-state index is -0.226. The molecule has 0 aliphatic heterocycles. The minimum absolute atomic E-state index is 0.171. The minimum Gasteiger partial charge on any atom is -0.390 e. The van der Waals surface area contributed by atoms with Crippen molar-refractivity contribution in [3.8, 4) is 11.3 Å². The van der Waals surface area contributed by atoms with Gasteiger partial charge in [-0.05, 0) is 41.3 Å². The molecule has 0 bridgehead atoms. The van der Waals surface area contributed by atoms with Crippen molar-refractivity contribution >= 4 is 49.6 Å². The van der Waals surface area contributed by atoms with Crippen molar-refractivity contribution in [1.29, 1.82) is 0 Å². The second-order valence-corrected chi connectivity index (χ2v) is 8.57. The van der Waals surface area contributed by atoms with Crippen LogP contribution >= 0.6 is 22.7 Å². The molecule has 1 amide bonds. The Bertz CT molecular complexity index is 1370. The van der Waals surface area contributed by atoms with E-state index in [1.165, 1.54) is 11.3 Å². The van der Waals surface area contributed by atoms with Crippen LogP contribution in [0.25, 0.3) is 27.1 Å². The van der Waals surface area contributed by atoms with E-state index in [-0.39, 0.29) is 12.5 Å². The molecule has 0 unspecified atom stereocenters. The molecule has 0 saturated heterocycles. The maximum Gasteiger partial charge on any atom is 0.255 e. The molecule has 0 atom stereocenters. The fraction of sp³-hybridized carbons (Fsp3) is 0.174. The van der Waals surface area contributed by atoms with E-state index in [9.17, 15) is 9.90 Å². The first-order valence-corrected chi connectivity index (χ1v) is 12.0. The summed E-state index contributed by atoms with van der Waals surface area (Å²) in [7, 11) is 0. The number of carbonyl (C=O) groups is 1. The number of aliphatic hydroxyl groups is 1. The molecular weight excluding hydrogens is 442 g/mol. The number of rotatable bonds is 5. The lowest BCUT2D eigenvalue weighted by Gasteiger charge is -2.07. The molecule has 7 nitrogen and oxygen atoms in total. The molecule has 164 valence electrons. The molecule has 9 heteroatoms. The van der Waals surface area contributed by atoms with Crippen LogP contribution in [0.2, 0.25) is 0 Å². The first-order chi connectivity index (χ1) is 15.6. The van der Waals surface area contributed by atoms with Crippen molar-refractivity contribution in [1.82, 2.24) is 19.7 Å². The number of anilines is 1. The van der Waals surface area contributed by atoms with Crippen LogP contribution in [0, 0.1) is 0 Å². The number of nitrogens with one attached hydrogen (secondary N) is 1. The van der Waals surface area contributed by atoms with Crippen LogP contribution in [0.4, 0.5) is 5.13 Å². The Kier molecular flexibility index (Phi) is 6.50. The highest BCUT2D eigenvalue weighted by molar-refractivity contribution is 7.22. The van der Waals surface area contributed by atoms with Gasteiger partial charge in [0, 0.05) is 23.7 Å². The lowest BCUT2D eigenvalue weighted by Crippen LogP contribution is -2.23. The number of nitrogens with two attached hydrogens (primary N) is 1. The first-order valence-electron chi connectivity index (χ1n) is 10.2. The second-order valence-electron chi connectivity index (χ2n) is 6.73. The normalized spacial score (nSPS) is 10.8. The zero-order valence-corrected chi connectivity index (χ0v) is 19.3. The zero-order chi connectivity index (χ0) is 22.7. The van der Waals surface area contributed by atoms with Gasteiger partial charge in [-0.15, -0.1) is 0 Å². The summed E-state index contributed by atoms with van der Waals surface area (Å²) in [6.07, 6.45) is 1.81. The van der Waals surface area contributed by atoms with Gasteiger partial charge in [0.1, 0.15) is 0 Å². The molecule has 5 rings (SSSR count). The Morgan fingerprint density at radius 3 is 2.81 bits per heavy atom. The molecule has 0 radical (unpaired) electrons. The van der Waals surface area contributed by atoms with Gasteiger partial charge in [0.25, 0.3) is 5.91 Å².